The van der Waals surface area contributed by atoms with Crippen molar-refractivity contribution >= 4 is 11.7 Å². The molecule has 1 aromatic heterocycles. The highest BCUT2D eigenvalue weighted by Gasteiger charge is 2.37. The van der Waals surface area contributed by atoms with Gasteiger partial charge in [-0.1, -0.05) is 19.8 Å². The molecule has 5 heteroatoms. The van der Waals surface area contributed by atoms with Gasteiger partial charge in [-0.15, -0.1) is 0 Å². The first kappa shape index (κ1) is 13.8. The Balaban J connectivity index is 2.15. The number of aromatic nitrogens is 1. The van der Waals surface area contributed by atoms with Crippen molar-refractivity contribution in [1.82, 2.24) is 4.98 Å². The molecule has 1 amide bonds. The molecule has 5 nitrogen and oxygen atoms in total. The first-order valence-corrected chi connectivity index (χ1v) is 6.81. The minimum atomic E-state index is -0.460. The number of carbonyl (C=O) groups excluding carboxylic acids is 1. The maximum Gasteiger partial charge on any atom is 0.250 e. The van der Waals surface area contributed by atoms with Crippen LogP contribution in [-0.4, -0.2) is 23.0 Å². The van der Waals surface area contributed by atoms with E-state index in [1.165, 1.54) is 25.5 Å². The molecule has 0 aliphatic heterocycles. The van der Waals surface area contributed by atoms with Gasteiger partial charge >= 0.3 is 0 Å². The maximum atomic E-state index is 11.0. The zero-order chi connectivity index (χ0) is 13.9. The summed E-state index contributed by atoms with van der Waals surface area (Å²) in [5.74, 6) is 0.812. The Labute approximate surface area is 113 Å². The maximum absolute atomic E-state index is 11.0. The first-order valence-electron chi connectivity index (χ1n) is 6.81. The average Bonchev–Trinajstić information content (AvgIpc) is 2.42. The van der Waals surface area contributed by atoms with Crippen LogP contribution < -0.4 is 16.8 Å². The van der Waals surface area contributed by atoms with Crippen LogP contribution in [0.15, 0.2) is 18.3 Å². The third-order valence-corrected chi connectivity index (χ3v) is 4.24. The standard InChI is InChI=1S/C14H22N4O/c1-10-4-2-3-7-14(10,9-15)18-12-6-5-11(8-17-12)13(16)19/h5-6,8,10H,2-4,7,9,15H2,1H3,(H2,16,19)(H,17,18). The predicted molar refractivity (Wildman–Crippen MR) is 75.8 cm³/mol. The highest BCUT2D eigenvalue weighted by atomic mass is 16.1. The molecule has 1 aliphatic carbocycles. The zero-order valence-electron chi connectivity index (χ0n) is 11.4. The van der Waals surface area contributed by atoms with Crippen LogP contribution in [0.5, 0.6) is 0 Å². The third kappa shape index (κ3) is 2.87. The van der Waals surface area contributed by atoms with E-state index in [4.69, 9.17) is 11.5 Å². The minimum absolute atomic E-state index is 0.0838. The highest BCUT2D eigenvalue weighted by molar-refractivity contribution is 5.92. The highest BCUT2D eigenvalue weighted by Crippen LogP contribution is 2.35. The van der Waals surface area contributed by atoms with E-state index in [2.05, 4.69) is 17.2 Å². The van der Waals surface area contributed by atoms with Crippen molar-refractivity contribution in [3.05, 3.63) is 23.9 Å². The number of hydrogen-bond acceptors (Lipinski definition) is 4. The van der Waals surface area contributed by atoms with Gasteiger partial charge in [0, 0.05) is 12.7 Å². The van der Waals surface area contributed by atoms with Crippen molar-refractivity contribution in [1.29, 1.82) is 0 Å². The fourth-order valence-corrected chi connectivity index (χ4v) is 2.82. The molecule has 1 aliphatic rings. The van der Waals surface area contributed by atoms with Gasteiger partial charge in [0.05, 0.1) is 11.1 Å². The Kier molecular flexibility index (Phi) is 4.04. The molecule has 0 aromatic carbocycles. The van der Waals surface area contributed by atoms with E-state index in [0.717, 1.165) is 12.2 Å². The molecule has 5 N–H and O–H groups in total. The van der Waals surface area contributed by atoms with Crippen molar-refractivity contribution in [2.45, 2.75) is 38.1 Å². The van der Waals surface area contributed by atoms with Gasteiger partial charge in [0.2, 0.25) is 5.91 Å². The van der Waals surface area contributed by atoms with Gasteiger partial charge < -0.3 is 16.8 Å². The Morgan fingerprint density at radius 2 is 2.32 bits per heavy atom. The van der Waals surface area contributed by atoms with E-state index in [1.54, 1.807) is 12.1 Å². The van der Waals surface area contributed by atoms with Gasteiger partial charge in [-0.25, -0.2) is 4.98 Å². The lowest BCUT2D eigenvalue weighted by molar-refractivity contribution is 0.1000. The quantitative estimate of drug-likeness (QED) is 0.766. The Morgan fingerprint density at radius 1 is 1.53 bits per heavy atom. The van der Waals surface area contributed by atoms with E-state index >= 15 is 0 Å². The topological polar surface area (TPSA) is 94.0 Å². The second-order valence-corrected chi connectivity index (χ2v) is 5.43. The summed E-state index contributed by atoms with van der Waals surface area (Å²) in [5, 5.41) is 3.47. The lowest BCUT2D eigenvalue weighted by Gasteiger charge is -2.43. The van der Waals surface area contributed by atoms with Crippen LogP contribution in [0.1, 0.15) is 43.0 Å². The van der Waals surface area contributed by atoms with Crippen LogP contribution in [0.3, 0.4) is 0 Å². The number of carbonyl (C=O) groups is 1. The zero-order valence-corrected chi connectivity index (χ0v) is 11.4. The van der Waals surface area contributed by atoms with Gasteiger partial charge in [-0.05, 0) is 30.9 Å². The van der Waals surface area contributed by atoms with E-state index < -0.39 is 5.91 Å². The molecule has 0 spiro atoms. The van der Waals surface area contributed by atoms with Crippen LogP contribution in [0.4, 0.5) is 5.82 Å². The summed E-state index contributed by atoms with van der Waals surface area (Å²) in [7, 11) is 0. The summed E-state index contributed by atoms with van der Waals surface area (Å²) in [6.45, 7) is 2.82. The molecule has 2 atom stereocenters. The van der Waals surface area contributed by atoms with Crippen molar-refractivity contribution in [2.24, 2.45) is 17.4 Å². The molecule has 1 heterocycles. The molecule has 0 saturated heterocycles. The molecule has 2 unspecified atom stereocenters. The van der Waals surface area contributed by atoms with E-state index in [9.17, 15) is 4.79 Å². The second kappa shape index (κ2) is 5.57. The van der Waals surface area contributed by atoms with Crippen molar-refractivity contribution < 1.29 is 4.79 Å². The lowest BCUT2D eigenvalue weighted by Crippen LogP contribution is -2.52. The number of pyridine rings is 1. The monoisotopic (exact) mass is 262 g/mol. The van der Waals surface area contributed by atoms with Gasteiger partial charge in [0.1, 0.15) is 5.82 Å². The largest absolute Gasteiger partial charge is 0.366 e. The number of primary amides is 1. The summed E-state index contributed by atoms with van der Waals surface area (Å²) in [4.78, 5) is 15.3. The molecular formula is C14H22N4O. The molecule has 104 valence electrons. The Hall–Kier alpha value is -1.62. The first-order chi connectivity index (χ1) is 9.07. The fraction of sp³-hybridized carbons (Fsp3) is 0.571. The van der Waals surface area contributed by atoms with Crippen LogP contribution in [-0.2, 0) is 0 Å². The van der Waals surface area contributed by atoms with E-state index in [0.29, 0.717) is 18.0 Å². The number of hydrogen-bond donors (Lipinski definition) is 3. The number of amides is 1. The molecule has 19 heavy (non-hydrogen) atoms. The number of nitrogens with two attached hydrogens (primary N) is 2. The van der Waals surface area contributed by atoms with Gasteiger partial charge in [0.15, 0.2) is 0 Å². The van der Waals surface area contributed by atoms with Gasteiger partial charge in [-0.3, -0.25) is 4.79 Å². The number of rotatable bonds is 4. The Bertz CT molecular complexity index is 445. The summed E-state index contributed by atoms with van der Waals surface area (Å²) in [6.07, 6.45) is 6.20. The summed E-state index contributed by atoms with van der Waals surface area (Å²) in [6, 6.07) is 3.48. The van der Waals surface area contributed by atoms with E-state index in [-0.39, 0.29) is 5.54 Å². The van der Waals surface area contributed by atoms with Crippen molar-refractivity contribution in [2.75, 3.05) is 11.9 Å². The Morgan fingerprint density at radius 3 is 2.84 bits per heavy atom. The normalized spacial score (nSPS) is 26.9. The van der Waals surface area contributed by atoms with E-state index in [1.807, 2.05) is 0 Å². The number of anilines is 1. The van der Waals surface area contributed by atoms with Crippen LogP contribution in [0, 0.1) is 5.92 Å². The van der Waals surface area contributed by atoms with Gasteiger partial charge in [-0.2, -0.15) is 0 Å². The van der Waals surface area contributed by atoms with Crippen LogP contribution in [0.2, 0.25) is 0 Å². The molecular weight excluding hydrogens is 240 g/mol. The molecule has 1 fully saturated rings. The van der Waals surface area contributed by atoms with Gasteiger partial charge in [0.25, 0.3) is 0 Å². The molecule has 0 bridgehead atoms. The fourth-order valence-electron chi connectivity index (χ4n) is 2.82. The minimum Gasteiger partial charge on any atom is -0.366 e. The van der Waals surface area contributed by atoms with Crippen LogP contribution >= 0.6 is 0 Å². The number of nitrogens with one attached hydrogen (secondary N) is 1. The third-order valence-electron chi connectivity index (χ3n) is 4.24. The van der Waals surface area contributed by atoms with Crippen molar-refractivity contribution in [3.8, 4) is 0 Å². The summed E-state index contributed by atoms with van der Waals surface area (Å²) >= 11 is 0. The number of nitrogens with zero attached hydrogens (tertiary/aromatic N) is 1. The molecule has 1 saturated carbocycles. The average molecular weight is 262 g/mol. The SMILES string of the molecule is CC1CCCCC1(CN)Nc1ccc(C(N)=O)cn1. The molecule has 1 aromatic rings. The summed E-state index contributed by atoms with van der Waals surface area (Å²) < 4.78 is 0. The predicted octanol–water partition coefficient (Wildman–Crippen LogP) is 1.50. The summed E-state index contributed by atoms with van der Waals surface area (Å²) in [5.41, 5.74) is 11.5. The van der Waals surface area contributed by atoms with Crippen LogP contribution in [0.25, 0.3) is 0 Å². The lowest BCUT2D eigenvalue weighted by atomic mass is 9.73. The molecule has 0 radical (unpaired) electrons. The second-order valence-electron chi connectivity index (χ2n) is 5.43. The van der Waals surface area contributed by atoms with Crippen molar-refractivity contribution in [3.63, 3.8) is 0 Å². The smallest absolute Gasteiger partial charge is 0.250 e. The molecule has 2 rings (SSSR count).